The topological polar surface area (TPSA) is 40.6 Å². The normalized spacial score (nSPS) is 18.2. The van der Waals surface area contributed by atoms with Crippen molar-refractivity contribution in [2.24, 2.45) is 0 Å². The lowest BCUT2D eigenvalue weighted by atomic mass is 10.1. The van der Waals surface area contributed by atoms with Crippen LogP contribution in [0.25, 0.3) is 0 Å². The summed E-state index contributed by atoms with van der Waals surface area (Å²) >= 11 is 6.17. The molecule has 3 rings (SSSR count). The molecule has 2 aromatic rings. The van der Waals surface area contributed by atoms with Gasteiger partial charge in [0.1, 0.15) is 12.6 Å². The molecule has 0 N–H and O–H groups in total. The lowest BCUT2D eigenvalue weighted by molar-refractivity contribution is -0.156. The molecule has 0 bridgehead atoms. The second-order valence-electron chi connectivity index (χ2n) is 5.97. The molecule has 1 fully saturated rings. The van der Waals surface area contributed by atoms with E-state index >= 15 is 0 Å². The largest absolute Gasteiger partial charge is 0.327 e. The minimum Gasteiger partial charge on any atom is -0.327 e. The van der Waals surface area contributed by atoms with Gasteiger partial charge in [-0.1, -0.05) is 60.1 Å². The van der Waals surface area contributed by atoms with Gasteiger partial charge >= 0.3 is 0 Å². The summed E-state index contributed by atoms with van der Waals surface area (Å²) in [5, 5.41) is 0.608. The molecule has 0 aromatic heterocycles. The van der Waals surface area contributed by atoms with Gasteiger partial charge in [-0.05, 0) is 24.1 Å². The molecule has 4 nitrogen and oxygen atoms in total. The minimum absolute atomic E-state index is 0.0435. The number of carbonyl (C=O) groups excluding carboxylic acids is 2. The number of nitrogens with zero attached hydrogens (tertiary/aromatic N) is 2. The number of halogens is 1. The van der Waals surface area contributed by atoms with Gasteiger partial charge in [0.2, 0.25) is 11.8 Å². The molecular formula is C19H19ClN2O2. The first kappa shape index (κ1) is 16.5. The van der Waals surface area contributed by atoms with Crippen molar-refractivity contribution >= 4 is 23.4 Å². The van der Waals surface area contributed by atoms with Crippen molar-refractivity contribution in [1.29, 1.82) is 0 Å². The molecule has 0 spiro atoms. The van der Waals surface area contributed by atoms with E-state index in [0.29, 0.717) is 18.1 Å². The van der Waals surface area contributed by atoms with Crippen molar-refractivity contribution in [3.63, 3.8) is 0 Å². The van der Waals surface area contributed by atoms with Gasteiger partial charge in [-0.25, -0.2) is 0 Å². The maximum atomic E-state index is 12.7. The fourth-order valence-electron chi connectivity index (χ4n) is 2.92. The Morgan fingerprint density at radius 1 is 1.00 bits per heavy atom. The minimum atomic E-state index is -0.478. The Balaban J connectivity index is 1.73. The zero-order chi connectivity index (χ0) is 17.1. The maximum Gasteiger partial charge on any atom is 0.245 e. The zero-order valence-electron chi connectivity index (χ0n) is 13.5. The highest BCUT2D eigenvalue weighted by Gasteiger charge is 2.36. The highest BCUT2D eigenvalue weighted by atomic mass is 35.5. The molecule has 1 aliphatic heterocycles. The number of rotatable bonds is 4. The molecule has 5 heteroatoms. The average Bonchev–Trinajstić information content (AvgIpc) is 2.59. The summed E-state index contributed by atoms with van der Waals surface area (Å²) in [7, 11) is 0. The number of benzene rings is 2. The molecule has 24 heavy (non-hydrogen) atoms. The molecule has 2 amide bonds. The second kappa shape index (κ2) is 7.05. The van der Waals surface area contributed by atoms with Gasteiger partial charge in [0, 0.05) is 18.1 Å². The van der Waals surface area contributed by atoms with Crippen LogP contribution in [0, 0.1) is 0 Å². The summed E-state index contributed by atoms with van der Waals surface area (Å²) in [6.07, 6.45) is 0. The summed E-state index contributed by atoms with van der Waals surface area (Å²) in [4.78, 5) is 28.4. The maximum absolute atomic E-state index is 12.7. The molecule has 0 saturated carbocycles. The summed E-state index contributed by atoms with van der Waals surface area (Å²) in [5.74, 6) is -0.0940. The molecule has 0 unspecified atom stereocenters. The standard InChI is InChI=1S/C19H19ClN2O2/c1-14-19(24)21(12-16-9-5-6-10-17(16)20)13-18(23)22(14)11-15-7-3-2-4-8-15/h2-10,14H,11-13H2,1H3/t14-/m0/s1. The van der Waals surface area contributed by atoms with E-state index < -0.39 is 6.04 Å². The Hall–Kier alpha value is -2.33. The third-order valence-corrected chi connectivity index (χ3v) is 4.67. The number of hydrogen-bond donors (Lipinski definition) is 0. The van der Waals surface area contributed by atoms with Crippen LogP contribution < -0.4 is 0 Å². The first-order valence-electron chi connectivity index (χ1n) is 7.92. The molecule has 2 aromatic carbocycles. The van der Waals surface area contributed by atoms with E-state index in [1.165, 1.54) is 0 Å². The number of hydrogen-bond acceptors (Lipinski definition) is 2. The van der Waals surface area contributed by atoms with Gasteiger partial charge in [-0.15, -0.1) is 0 Å². The molecule has 1 saturated heterocycles. The molecule has 124 valence electrons. The Morgan fingerprint density at radius 3 is 2.38 bits per heavy atom. The zero-order valence-corrected chi connectivity index (χ0v) is 14.2. The van der Waals surface area contributed by atoms with Crippen molar-refractivity contribution < 1.29 is 9.59 Å². The predicted molar refractivity (Wildman–Crippen MR) is 93.3 cm³/mol. The summed E-state index contributed by atoms with van der Waals surface area (Å²) in [6.45, 7) is 2.67. The quantitative estimate of drug-likeness (QED) is 0.856. The van der Waals surface area contributed by atoms with Gasteiger partial charge in [0.05, 0.1) is 0 Å². The number of piperazine rings is 1. The van der Waals surface area contributed by atoms with Crippen LogP contribution >= 0.6 is 11.6 Å². The Morgan fingerprint density at radius 2 is 1.67 bits per heavy atom. The molecule has 1 aliphatic rings. The van der Waals surface area contributed by atoms with E-state index in [9.17, 15) is 9.59 Å². The average molecular weight is 343 g/mol. The predicted octanol–water partition coefficient (Wildman–Crippen LogP) is 3.10. The summed E-state index contributed by atoms with van der Waals surface area (Å²) in [6, 6.07) is 16.6. The molecular weight excluding hydrogens is 324 g/mol. The molecule has 0 radical (unpaired) electrons. The fraction of sp³-hybridized carbons (Fsp3) is 0.263. The van der Waals surface area contributed by atoms with Crippen LogP contribution in [-0.2, 0) is 22.7 Å². The molecule has 1 heterocycles. The highest BCUT2D eigenvalue weighted by Crippen LogP contribution is 2.21. The van der Waals surface area contributed by atoms with Crippen molar-refractivity contribution in [1.82, 2.24) is 9.80 Å². The van der Waals surface area contributed by atoms with Crippen LogP contribution in [0.4, 0.5) is 0 Å². The van der Waals surface area contributed by atoms with Crippen molar-refractivity contribution in [2.45, 2.75) is 26.1 Å². The molecule has 0 aliphatic carbocycles. The monoisotopic (exact) mass is 342 g/mol. The van der Waals surface area contributed by atoms with E-state index in [4.69, 9.17) is 11.6 Å². The van der Waals surface area contributed by atoms with Gasteiger partial charge in [0.15, 0.2) is 0 Å². The SMILES string of the molecule is C[C@H]1C(=O)N(Cc2ccccc2Cl)CC(=O)N1Cc1ccccc1. The van der Waals surface area contributed by atoms with Crippen LogP contribution in [0.1, 0.15) is 18.1 Å². The number of carbonyl (C=O) groups is 2. The first-order chi connectivity index (χ1) is 11.6. The van der Waals surface area contributed by atoms with Crippen LogP contribution in [-0.4, -0.2) is 34.2 Å². The third kappa shape index (κ3) is 3.44. The fourth-order valence-corrected chi connectivity index (χ4v) is 3.11. The van der Waals surface area contributed by atoms with E-state index in [2.05, 4.69) is 0 Å². The summed E-state index contributed by atoms with van der Waals surface area (Å²) in [5.41, 5.74) is 1.87. The summed E-state index contributed by atoms with van der Waals surface area (Å²) < 4.78 is 0. The Bertz CT molecular complexity index is 748. The van der Waals surface area contributed by atoms with Crippen LogP contribution in [0.2, 0.25) is 5.02 Å². The van der Waals surface area contributed by atoms with Gasteiger partial charge < -0.3 is 9.80 Å². The smallest absolute Gasteiger partial charge is 0.245 e. The van der Waals surface area contributed by atoms with Crippen molar-refractivity contribution in [2.75, 3.05) is 6.54 Å². The lowest BCUT2D eigenvalue weighted by Gasteiger charge is -2.39. The first-order valence-corrected chi connectivity index (χ1v) is 8.29. The van der Waals surface area contributed by atoms with E-state index in [-0.39, 0.29) is 18.4 Å². The van der Waals surface area contributed by atoms with Crippen molar-refractivity contribution in [3.05, 3.63) is 70.7 Å². The van der Waals surface area contributed by atoms with Crippen LogP contribution in [0.3, 0.4) is 0 Å². The lowest BCUT2D eigenvalue weighted by Crippen LogP contribution is -2.58. The highest BCUT2D eigenvalue weighted by molar-refractivity contribution is 6.31. The second-order valence-corrected chi connectivity index (χ2v) is 6.38. The Labute approximate surface area is 146 Å². The third-order valence-electron chi connectivity index (χ3n) is 4.30. The number of amides is 2. The van der Waals surface area contributed by atoms with Crippen LogP contribution in [0.5, 0.6) is 0 Å². The molecule has 1 atom stereocenters. The van der Waals surface area contributed by atoms with Crippen LogP contribution in [0.15, 0.2) is 54.6 Å². The Kier molecular flexibility index (Phi) is 4.86. The van der Waals surface area contributed by atoms with Gasteiger partial charge in [-0.3, -0.25) is 9.59 Å². The van der Waals surface area contributed by atoms with E-state index in [1.54, 1.807) is 22.8 Å². The van der Waals surface area contributed by atoms with Gasteiger partial charge in [-0.2, -0.15) is 0 Å². The van der Waals surface area contributed by atoms with E-state index in [0.717, 1.165) is 11.1 Å². The van der Waals surface area contributed by atoms with E-state index in [1.807, 2.05) is 48.5 Å². The van der Waals surface area contributed by atoms with Gasteiger partial charge in [0.25, 0.3) is 0 Å². The van der Waals surface area contributed by atoms with Crippen molar-refractivity contribution in [3.8, 4) is 0 Å².